The first-order valence-corrected chi connectivity index (χ1v) is 17.8. The van der Waals surface area contributed by atoms with Gasteiger partial charge in [-0.1, -0.05) is 29.7 Å². The van der Waals surface area contributed by atoms with Gasteiger partial charge in [-0.15, -0.1) is 0 Å². The Bertz CT molecular complexity index is 1550. The minimum Gasteiger partial charge on any atom is -0.399 e. The number of piperidine rings is 2. The third kappa shape index (κ3) is 8.23. The maximum atomic E-state index is 14.1. The van der Waals surface area contributed by atoms with Crippen molar-refractivity contribution in [2.45, 2.75) is 63.2 Å². The van der Waals surface area contributed by atoms with Gasteiger partial charge in [0.05, 0.1) is 11.5 Å². The van der Waals surface area contributed by atoms with Gasteiger partial charge in [0.25, 0.3) is 0 Å². The molecule has 0 unspecified atom stereocenters. The van der Waals surface area contributed by atoms with Crippen LogP contribution in [0.4, 0.5) is 29.3 Å². The van der Waals surface area contributed by atoms with Crippen LogP contribution in [-0.4, -0.2) is 128 Å². The minimum absolute atomic E-state index is 0.0369. The summed E-state index contributed by atoms with van der Waals surface area (Å²) in [6.45, 7) is 5.93. The number of nitrogens with two attached hydrogens (primary N) is 1. The van der Waals surface area contributed by atoms with Crippen LogP contribution >= 0.6 is 0 Å². The smallest absolute Gasteiger partial charge is 0.399 e. The van der Waals surface area contributed by atoms with E-state index in [-0.39, 0.29) is 47.8 Å². The van der Waals surface area contributed by atoms with Crippen molar-refractivity contribution in [1.82, 2.24) is 24.5 Å². The summed E-state index contributed by atoms with van der Waals surface area (Å²) in [6.07, 6.45) is -0.848. The molecule has 4 aliphatic heterocycles. The van der Waals surface area contributed by atoms with Crippen LogP contribution in [0.25, 0.3) is 0 Å². The highest BCUT2D eigenvalue weighted by Crippen LogP contribution is 2.34. The highest BCUT2D eigenvalue weighted by atomic mass is 19.4. The molecule has 0 aromatic heterocycles. The zero-order valence-corrected chi connectivity index (χ0v) is 28.8. The molecule has 10 nitrogen and oxygen atoms in total. The molecule has 268 valence electrons. The van der Waals surface area contributed by atoms with E-state index in [2.05, 4.69) is 22.2 Å². The number of piperazine rings is 1. The third-order valence-electron chi connectivity index (χ3n) is 11.1. The molecule has 4 aliphatic rings. The lowest BCUT2D eigenvalue weighted by Crippen LogP contribution is -2.55. The molecule has 0 spiro atoms. The van der Waals surface area contributed by atoms with Crippen molar-refractivity contribution in [2.75, 3.05) is 77.0 Å². The Labute approximate surface area is 293 Å². The number of nitrogens with zero attached hydrogens (tertiary/aromatic N) is 5. The van der Waals surface area contributed by atoms with E-state index in [0.717, 1.165) is 62.8 Å². The number of nitrogen functional groups attached to an aromatic ring is 1. The number of urea groups is 1. The summed E-state index contributed by atoms with van der Waals surface area (Å²) in [5.41, 5.74) is 6.01. The van der Waals surface area contributed by atoms with Crippen LogP contribution in [0.5, 0.6) is 0 Å². The monoisotopic (exact) mass is 693 g/mol. The Balaban J connectivity index is 1.12. The number of anilines is 2. The van der Waals surface area contributed by atoms with Crippen molar-refractivity contribution in [3.8, 4) is 0 Å². The van der Waals surface area contributed by atoms with Crippen molar-refractivity contribution >= 4 is 42.5 Å². The predicted molar refractivity (Wildman–Crippen MR) is 187 cm³/mol. The van der Waals surface area contributed by atoms with Crippen molar-refractivity contribution in [2.24, 2.45) is 5.92 Å². The van der Waals surface area contributed by atoms with Gasteiger partial charge in [-0.2, -0.15) is 13.2 Å². The van der Waals surface area contributed by atoms with Gasteiger partial charge in [-0.25, -0.2) is 4.79 Å². The average Bonchev–Trinajstić information content (AvgIpc) is 3.27. The fraction of sp³-hybridized carbons (Fsp3) is 0.583. The Kier molecular flexibility index (Phi) is 11.0. The number of carbonyl (C=O) groups is 3. The molecule has 4 heterocycles. The number of likely N-dealkylation sites (tertiary alicyclic amines) is 2. The van der Waals surface area contributed by atoms with Crippen molar-refractivity contribution in [3.05, 3.63) is 53.1 Å². The summed E-state index contributed by atoms with van der Waals surface area (Å²) in [5.74, 6) is -1.32. The number of rotatable bonds is 7. The van der Waals surface area contributed by atoms with Crippen LogP contribution in [-0.2, 0) is 28.6 Å². The molecule has 0 aliphatic carbocycles. The number of carbonyl (C=O) groups excluding carboxylic acids is 3. The number of halogens is 3. The second-order valence-corrected chi connectivity index (χ2v) is 14.3. The normalized spacial score (nSPS) is 21.0. The van der Waals surface area contributed by atoms with Crippen LogP contribution in [0.3, 0.4) is 0 Å². The fourth-order valence-corrected chi connectivity index (χ4v) is 8.05. The lowest BCUT2D eigenvalue weighted by Gasteiger charge is -2.43. The highest BCUT2D eigenvalue weighted by molar-refractivity contribution is 6.36. The van der Waals surface area contributed by atoms with Gasteiger partial charge >= 0.3 is 12.2 Å². The number of benzene rings is 2. The van der Waals surface area contributed by atoms with Crippen LogP contribution < -0.4 is 16.5 Å². The molecule has 3 N–H and O–H groups in total. The van der Waals surface area contributed by atoms with E-state index < -0.39 is 23.3 Å². The topological polar surface area (TPSA) is 105 Å². The van der Waals surface area contributed by atoms with Crippen LogP contribution in [0, 0.1) is 5.92 Å². The first-order chi connectivity index (χ1) is 23.9. The fourth-order valence-electron chi connectivity index (χ4n) is 8.05. The van der Waals surface area contributed by atoms with Gasteiger partial charge in [0.15, 0.2) is 0 Å². The number of alkyl halides is 3. The molecule has 4 amide bonds. The molecule has 0 saturated carbocycles. The number of nitrogens with one attached hydrogen (secondary N) is 1. The second-order valence-electron chi connectivity index (χ2n) is 14.3. The summed E-state index contributed by atoms with van der Waals surface area (Å²) in [6, 6.07) is 10.4. The lowest BCUT2D eigenvalue weighted by molar-refractivity contribution is -0.143. The van der Waals surface area contributed by atoms with Gasteiger partial charge in [0.2, 0.25) is 11.8 Å². The molecule has 3 fully saturated rings. The van der Waals surface area contributed by atoms with E-state index in [1.54, 1.807) is 9.80 Å². The van der Waals surface area contributed by atoms with E-state index in [9.17, 15) is 27.6 Å². The van der Waals surface area contributed by atoms with Crippen LogP contribution in [0.2, 0.25) is 0 Å². The van der Waals surface area contributed by atoms with E-state index in [1.807, 2.05) is 29.2 Å². The predicted octanol–water partition coefficient (Wildman–Crippen LogP) is 2.95. The molecular weight excluding hydrogens is 646 g/mol. The van der Waals surface area contributed by atoms with E-state index >= 15 is 0 Å². The van der Waals surface area contributed by atoms with Gasteiger partial charge in [0, 0.05) is 75.7 Å². The molecule has 50 heavy (non-hydrogen) atoms. The Morgan fingerprint density at radius 1 is 0.920 bits per heavy atom. The van der Waals surface area contributed by atoms with Gasteiger partial charge in [0.1, 0.15) is 7.85 Å². The second kappa shape index (κ2) is 15.2. The molecule has 3 saturated heterocycles. The van der Waals surface area contributed by atoms with Crippen molar-refractivity contribution in [3.63, 3.8) is 0 Å². The maximum Gasteiger partial charge on any atom is 0.418 e. The minimum atomic E-state index is -4.72. The first kappa shape index (κ1) is 36.0. The first-order valence-electron chi connectivity index (χ1n) is 17.8. The summed E-state index contributed by atoms with van der Waals surface area (Å²) < 4.78 is 41.5. The Morgan fingerprint density at radius 3 is 2.26 bits per heavy atom. The molecule has 2 radical (unpaired) electrons. The lowest BCUT2D eigenvalue weighted by atomic mass is 9.85. The molecule has 2 aromatic carbocycles. The Hall–Kier alpha value is -3.78. The molecule has 0 bridgehead atoms. The summed E-state index contributed by atoms with van der Waals surface area (Å²) in [4.78, 5) is 51.1. The van der Waals surface area contributed by atoms with Gasteiger partial charge in [-0.3, -0.25) is 14.5 Å². The average molecular weight is 694 g/mol. The summed E-state index contributed by atoms with van der Waals surface area (Å²) in [7, 11) is 8.03. The zero-order valence-electron chi connectivity index (χ0n) is 28.8. The van der Waals surface area contributed by atoms with Crippen molar-refractivity contribution in [1.29, 1.82) is 0 Å². The SMILES string of the molecule is [B]c1cc(C[C@@H](CC(=O)N2CCC(N3CCc4ccccc4NC3=O)CC2)C(=O)N2CCN(C3CCN(C)CC3)CC2)cc(C(F)(F)F)c1N. The molecule has 1 atom stereocenters. The van der Waals surface area contributed by atoms with E-state index in [0.29, 0.717) is 51.6 Å². The highest BCUT2D eigenvalue weighted by Gasteiger charge is 2.37. The number of para-hydroxylation sites is 1. The maximum absolute atomic E-state index is 14.1. The zero-order chi connectivity index (χ0) is 35.6. The Morgan fingerprint density at radius 2 is 1.58 bits per heavy atom. The number of fused-ring (bicyclic) bond motifs is 1. The van der Waals surface area contributed by atoms with Crippen LogP contribution in [0.1, 0.15) is 48.8 Å². The number of amides is 4. The standard InChI is InChI=1S/C36H47BF3N7O3/c1-43-11-7-27(8-12-43)44-16-18-46(19-17-44)34(49)26(20-24-21-29(36(38,39)40)33(41)30(37)22-24)23-32(48)45-13-9-28(10-14-45)47-15-6-25-4-2-3-5-31(25)42-35(47)50/h2-5,21-22,26-28H,6-20,23,41H2,1H3,(H,42,50)/t26-/m0/s1. The largest absolute Gasteiger partial charge is 0.418 e. The quantitative estimate of drug-likeness (QED) is 0.342. The summed E-state index contributed by atoms with van der Waals surface area (Å²) in [5, 5.41) is 3.01. The van der Waals surface area contributed by atoms with E-state index in [1.165, 1.54) is 6.07 Å². The number of hydrogen-bond acceptors (Lipinski definition) is 6. The third-order valence-corrected chi connectivity index (χ3v) is 11.1. The summed E-state index contributed by atoms with van der Waals surface area (Å²) >= 11 is 0. The number of hydrogen-bond donors (Lipinski definition) is 2. The van der Waals surface area contributed by atoms with Crippen molar-refractivity contribution < 1.29 is 27.6 Å². The molecule has 14 heteroatoms. The molecular formula is C36H47BF3N7O3. The molecule has 2 aromatic rings. The van der Waals surface area contributed by atoms with Crippen LogP contribution in [0.15, 0.2) is 36.4 Å². The van der Waals surface area contributed by atoms with Gasteiger partial charge in [-0.05, 0) is 81.9 Å². The van der Waals surface area contributed by atoms with E-state index in [4.69, 9.17) is 13.6 Å². The molecule has 6 rings (SSSR count). The van der Waals surface area contributed by atoms with Gasteiger partial charge < -0.3 is 30.7 Å².